The third kappa shape index (κ3) is 3.56. The average molecular weight is 332 g/mol. The molecular weight excluding hydrogens is 318 g/mol. The molecule has 22 heavy (non-hydrogen) atoms. The quantitative estimate of drug-likeness (QED) is 0.787. The van der Waals surface area contributed by atoms with Gasteiger partial charge in [-0.15, -0.1) is 0 Å². The van der Waals surface area contributed by atoms with Crippen molar-refractivity contribution in [2.45, 2.75) is 18.2 Å². The zero-order valence-electron chi connectivity index (χ0n) is 12.0. The van der Waals surface area contributed by atoms with E-state index in [0.717, 1.165) is 12.0 Å². The molecule has 112 valence electrons. The summed E-state index contributed by atoms with van der Waals surface area (Å²) in [5, 5.41) is 9.66. The van der Waals surface area contributed by atoms with Crippen molar-refractivity contribution in [1.29, 1.82) is 5.26 Å². The molecule has 0 bridgehead atoms. The zero-order valence-corrected chi connectivity index (χ0v) is 13.5. The van der Waals surface area contributed by atoms with E-state index < -0.39 is 9.84 Å². The van der Waals surface area contributed by atoms with Crippen molar-refractivity contribution in [3.05, 3.63) is 69.6 Å². The summed E-state index contributed by atoms with van der Waals surface area (Å²) in [5.41, 5.74) is 1.82. The number of sulfone groups is 1. The smallest absolute Gasteiger partial charge is 0.216 e. The Hall–Kier alpha value is -2.09. The van der Waals surface area contributed by atoms with Crippen molar-refractivity contribution in [2.24, 2.45) is 0 Å². The highest BCUT2D eigenvalue weighted by atomic mass is 35.5. The SMILES string of the molecule is CCc1ccc(/C=C(\C#N)S(=O)(=O)c2ccc(Cl)cc2)cc1. The van der Waals surface area contributed by atoms with Crippen LogP contribution >= 0.6 is 11.6 Å². The zero-order chi connectivity index (χ0) is 16.2. The largest absolute Gasteiger partial charge is 0.218 e. The predicted molar refractivity (Wildman–Crippen MR) is 88.0 cm³/mol. The van der Waals surface area contributed by atoms with Gasteiger partial charge in [-0.2, -0.15) is 5.26 Å². The number of allylic oxidation sites excluding steroid dienone is 1. The fourth-order valence-electron chi connectivity index (χ4n) is 1.91. The maximum Gasteiger partial charge on any atom is 0.216 e. The minimum Gasteiger partial charge on any atom is -0.218 e. The lowest BCUT2D eigenvalue weighted by atomic mass is 10.1. The Balaban J connectivity index is 2.43. The summed E-state index contributed by atoms with van der Waals surface area (Å²) < 4.78 is 24.9. The van der Waals surface area contributed by atoms with Crippen LogP contribution in [0.4, 0.5) is 0 Å². The molecule has 0 saturated carbocycles. The van der Waals surface area contributed by atoms with E-state index in [4.69, 9.17) is 11.6 Å². The van der Waals surface area contributed by atoms with Crippen LogP contribution in [0.25, 0.3) is 6.08 Å². The molecule has 3 nitrogen and oxygen atoms in total. The van der Waals surface area contributed by atoms with Gasteiger partial charge in [-0.1, -0.05) is 42.8 Å². The molecule has 0 atom stereocenters. The van der Waals surface area contributed by atoms with Gasteiger partial charge in [0.15, 0.2) is 0 Å². The lowest BCUT2D eigenvalue weighted by Gasteiger charge is -2.04. The minimum atomic E-state index is -3.84. The van der Waals surface area contributed by atoms with E-state index in [0.29, 0.717) is 10.6 Å². The third-order valence-corrected chi connectivity index (χ3v) is 5.14. The average Bonchev–Trinajstić information content (AvgIpc) is 2.53. The normalized spacial score (nSPS) is 12.0. The number of nitrogens with zero attached hydrogens (tertiary/aromatic N) is 1. The van der Waals surface area contributed by atoms with Crippen molar-refractivity contribution in [2.75, 3.05) is 0 Å². The second-order valence-corrected chi connectivity index (χ2v) is 7.03. The van der Waals surface area contributed by atoms with Crippen LogP contribution in [0, 0.1) is 11.3 Å². The summed E-state index contributed by atoms with van der Waals surface area (Å²) in [5.74, 6) is 0. The molecule has 0 spiro atoms. The topological polar surface area (TPSA) is 57.9 Å². The van der Waals surface area contributed by atoms with Crippen LogP contribution in [0.2, 0.25) is 5.02 Å². The molecule has 0 radical (unpaired) electrons. The number of rotatable bonds is 4. The second-order valence-electron chi connectivity index (χ2n) is 4.67. The molecule has 2 rings (SSSR count). The third-order valence-electron chi connectivity index (χ3n) is 3.21. The molecule has 0 amide bonds. The van der Waals surface area contributed by atoms with Gasteiger partial charge < -0.3 is 0 Å². The summed E-state index contributed by atoms with van der Waals surface area (Å²) in [6, 6.07) is 15.0. The van der Waals surface area contributed by atoms with E-state index in [1.54, 1.807) is 18.2 Å². The van der Waals surface area contributed by atoms with Crippen LogP contribution in [0.15, 0.2) is 58.3 Å². The first kappa shape index (κ1) is 16.3. The molecule has 0 aromatic heterocycles. The van der Waals surface area contributed by atoms with Gasteiger partial charge in [0.2, 0.25) is 9.84 Å². The molecule has 0 unspecified atom stereocenters. The molecule has 0 aliphatic heterocycles. The highest BCUT2D eigenvalue weighted by Crippen LogP contribution is 2.23. The predicted octanol–water partition coefficient (Wildman–Crippen LogP) is 4.24. The first-order valence-corrected chi connectivity index (χ1v) is 8.55. The summed E-state index contributed by atoms with van der Waals surface area (Å²) >= 11 is 5.76. The number of aryl methyl sites for hydroxylation is 1. The molecule has 0 fully saturated rings. The van der Waals surface area contributed by atoms with Gasteiger partial charge in [0.25, 0.3) is 0 Å². The van der Waals surface area contributed by atoms with Crippen LogP contribution in [0.5, 0.6) is 0 Å². The lowest BCUT2D eigenvalue weighted by molar-refractivity contribution is 0.603. The molecule has 2 aromatic rings. The molecule has 2 aromatic carbocycles. The van der Waals surface area contributed by atoms with E-state index in [9.17, 15) is 13.7 Å². The van der Waals surface area contributed by atoms with Gasteiger partial charge >= 0.3 is 0 Å². The minimum absolute atomic E-state index is 0.0508. The highest BCUT2D eigenvalue weighted by Gasteiger charge is 2.20. The van der Waals surface area contributed by atoms with Crippen molar-refractivity contribution >= 4 is 27.5 Å². The van der Waals surface area contributed by atoms with E-state index in [2.05, 4.69) is 0 Å². The van der Waals surface area contributed by atoms with Crippen LogP contribution in [-0.2, 0) is 16.3 Å². The van der Waals surface area contributed by atoms with E-state index in [1.165, 1.54) is 30.3 Å². The molecule has 0 aliphatic carbocycles. The first-order valence-electron chi connectivity index (χ1n) is 6.68. The highest BCUT2D eigenvalue weighted by molar-refractivity contribution is 7.95. The maximum atomic E-state index is 12.5. The van der Waals surface area contributed by atoms with Gasteiger partial charge in [0.1, 0.15) is 11.0 Å². The van der Waals surface area contributed by atoms with Crippen molar-refractivity contribution in [1.82, 2.24) is 0 Å². The molecule has 0 aliphatic rings. The number of hydrogen-bond donors (Lipinski definition) is 0. The van der Waals surface area contributed by atoms with Gasteiger partial charge in [0, 0.05) is 5.02 Å². The Morgan fingerprint density at radius 1 is 1.14 bits per heavy atom. The summed E-state index contributed by atoms with van der Waals surface area (Å²) in [7, 11) is -3.84. The second kappa shape index (κ2) is 6.78. The maximum absolute atomic E-state index is 12.5. The fourth-order valence-corrected chi connectivity index (χ4v) is 3.20. The number of hydrogen-bond acceptors (Lipinski definition) is 3. The number of benzene rings is 2. The summed E-state index contributed by atoms with van der Waals surface area (Å²) in [6.07, 6.45) is 2.28. The Morgan fingerprint density at radius 3 is 2.23 bits per heavy atom. The van der Waals surface area contributed by atoms with Gasteiger partial charge in [0.05, 0.1) is 4.90 Å². The standard InChI is InChI=1S/C17H14ClNO2S/c1-2-13-3-5-14(6-4-13)11-17(12-19)22(20,21)16-9-7-15(18)8-10-16/h3-11H,2H2,1H3/b17-11+. The molecule has 5 heteroatoms. The number of halogens is 1. The van der Waals surface area contributed by atoms with Crippen molar-refractivity contribution in [3.8, 4) is 6.07 Å². The molecule has 0 heterocycles. The van der Waals surface area contributed by atoms with E-state index in [-0.39, 0.29) is 9.80 Å². The van der Waals surface area contributed by atoms with E-state index in [1.807, 2.05) is 19.1 Å². The monoisotopic (exact) mass is 331 g/mol. The van der Waals surface area contributed by atoms with E-state index >= 15 is 0 Å². The Bertz CT molecular complexity index is 830. The van der Waals surface area contributed by atoms with Gasteiger partial charge in [-0.3, -0.25) is 0 Å². The molecule has 0 saturated heterocycles. The summed E-state index contributed by atoms with van der Waals surface area (Å²) in [4.78, 5) is -0.242. The Labute approximate surface area is 135 Å². The first-order chi connectivity index (χ1) is 10.5. The Kier molecular flexibility index (Phi) is 5.02. The molecule has 0 N–H and O–H groups in total. The van der Waals surface area contributed by atoms with Crippen LogP contribution in [-0.4, -0.2) is 8.42 Å². The lowest BCUT2D eigenvalue weighted by Crippen LogP contribution is -2.03. The van der Waals surface area contributed by atoms with Crippen LogP contribution in [0.3, 0.4) is 0 Å². The van der Waals surface area contributed by atoms with Gasteiger partial charge in [-0.25, -0.2) is 8.42 Å². The van der Waals surface area contributed by atoms with Crippen LogP contribution in [0.1, 0.15) is 18.1 Å². The molecular formula is C17H14ClNO2S. The van der Waals surface area contributed by atoms with Crippen molar-refractivity contribution in [3.63, 3.8) is 0 Å². The fraction of sp³-hybridized carbons (Fsp3) is 0.118. The Morgan fingerprint density at radius 2 is 1.73 bits per heavy atom. The van der Waals surface area contributed by atoms with Crippen molar-refractivity contribution < 1.29 is 8.42 Å². The van der Waals surface area contributed by atoms with Gasteiger partial charge in [-0.05, 0) is 47.9 Å². The summed E-state index contributed by atoms with van der Waals surface area (Å²) in [6.45, 7) is 2.04. The number of nitriles is 1. The van der Waals surface area contributed by atoms with Crippen LogP contribution < -0.4 is 0 Å².